The molecule has 0 spiro atoms. The van der Waals surface area contributed by atoms with Gasteiger partial charge < -0.3 is 5.73 Å². The molecule has 1 heterocycles. The molecule has 20 heavy (non-hydrogen) atoms. The Balaban J connectivity index is 1.54. The Morgan fingerprint density at radius 1 is 1.00 bits per heavy atom. The predicted molar refractivity (Wildman–Crippen MR) is 84.8 cm³/mol. The lowest BCUT2D eigenvalue weighted by atomic mass is 9.74. The predicted octanol–water partition coefficient (Wildman–Crippen LogP) is 2.45. The maximum Gasteiger partial charge on any atom is 0.0333 e. The number of nitrogens with zero attached hydrogens (tertiary/aromatic N) is 2. The molecule has 0 bridgehead atoms. The van der Waals surface area contributed by atoms with Crippen LogP contribution in [0.5, 0.6) is 0 Å². The first kappa shape index (κ1) is 14.8. The van der Waals surface area contributed by atoms with Crippen molar-refractivity contribution in [3.05, 3.63) is 0 Å². The molecule has 3 heteroatoms. The first-order valence-corrected chi connectivity index (χ1v) is 8.96. The van der Waals surface area contributed by atoms with Gasteiger partial charge in [0.15, 0.2) is 0 Å². The Hall–Kier alpha value is -0.120. The van der Waals surface area contributed by atoms with Gasteiger partial charge in [0.05, 0.1) is 0 Å². The molecule has 1 saturated heterocycles. The van der Waals surface area contributed by atoms with E-state index in [0.717, 1.165) is 18.5 Å². The maximum absolute atomic E-state index is 6.24. The zero-order chi connectivity index (χ0) is 14.0. The monoisotopic (exact) mass is 279 g/mol. The Morgan fingerprint density at radius 3 is 2.15 bits per heavy atom. The first-order valence-electron chi connectivity index (χ1n) is 8.96. The van der Waals surface area contributed by atoms with Gasteiger partial charge in [-0.2, -0.15) is 0 Å². The third-order valence-electron chi connectivity index (χ3n) is 6.16. The Labute approximate surface area is 124 Å². The standard InChI is InChI=1S/C17H33N3/c1-2-3-15-6-8-17(14-18,9-7-15)20-12-10-19(11-13-20)16-4-5-16/h15-16H,2-14,18H2,1H3. The van der Waals surface area contributed by atoms with Gasteiger partial charge in [-0.05, 0) is 44.4 Å². The van der Waals surface area contributed by atoms with Crippen LogP contribution in [0, 0.1) is 5.92 Å². The van der Waals surface area contributed by atoms with E-state index in [1.165, 1.54) is 77.5 Å². The van der Waals surface area contributed by atoms with E-state index in [-0.39, 0.29) is 0 Å². The van der Waals surface area contributed by atoms with Crippen LogP contribution in [0.4, 0.5) is 0 Å². The van der Waals surface area contributed by atoms with Gasteiger partial charge in [0.1, 0.15) is 0 Å². The third kappa shape index (κ3) is 3.05. The van der Waals surface area contributed by atoms with E-state index < -0.39 is 0 Å². The quantitative estimate of drug-likeness (QED) is 0.839. The second-order valence-corrected chi connectivity index (χ2v) is 7.41. The van der Waals surface area contributed by atoms with Gasteiger partial charge in [0.25, 0.3) is 0 Å². The van der Waals surface area contributed by atoms with E-state index in [1.54, 1.807) is 0 Å². The zero-order valence-corrected chi connectivity index (χ0v) is 13.3. The number of hydrogen-bond donors (Lipinski definition) is 1. The van der Waals surface area contributed by atoms with E-state index in [2.05, 4.69) is 16.7 Å². The van der Waals surface area contributed by atoms with Crippen molar-refractivity contribution in [1.29, 1.82) is 0 Å². The summed E-state index contributed by atoms with van der Waals surface area (Å²) in [5, 5.41) is 0. The summed E-state index contributed by atoms with van der Waals surface area (Å²) >= 11 is 0. The molecule has 116 valence electrons. The molecule has 0 radical (unpaired) electrons. The van der Waals surface area contributed by atoms with Crippen LogP contribution < -0.4 is 5.73 Å². The summed E-state index contributed by atoms with van der Waals surface area (Å²) in [6.07, 6.45) is 11.2. The van der Waals surface area contributed by atoms with Crippen LogP contribution in [0.25, 0.3) is 0 Å². The smallest absolute Gasteiger partial charge is 0.0333 e. The topological polar surface area (TPSA) is 32.5 Å². The second kappa shape index (κ2) is 6.33. The van der Waals surface area contributed by atoms with Gasteiger partial charge in [0.2, 0.25) is 0 Å². The van der Waals surface area contributed by atoms with Crippen LogP contribution in [0.2, 0.25) is 0 Å². The molecule has 3 nitrogen and oxygen atoms in total. The number of rotatable bonds is 5. The van der Waals surface area contributed by atoms with Gasteiger partial charge in [0, 0.05) is 44.3 Å². The van der Waals surface area contributed by atoms with Crippen molar-refractivity contribution in [3.63, 3.8) is 0 Å². The lowest BCUT2D eigenvalue weighted by Crippen LogP contribution is -2.61. The van der Waals surface area contributed by atoms with Gasteiger partial charge in [-0.15, -0.1) is 0 Å². The summed E-state index contributed by atoms with van der Waals surface area (Å²) in [6, 6.07) is 0.936. The fraction of sp³-hybridized carbons (Fsp3) is 1.00. The van der Waals surface area contributed by atoms with Crippen LogP contribution in [0.1, 0.15) is 58.3 Å². The van der Waals surface area contributed by atoms with Crippen molar-refractivity contribution in [2.45, 2.75) is 69.9 Å². The minimum atomic E-state index is 0.347. The highest BCUT2D eigenvalue weighted by Gasteiger charge is 2.41. The number of piperazine rings is 1. The fourth-order valence-electron chi connectivity index (χ4n) is 4.56. The average molecular weight is 279 g/mol. The largest absolute Gasteiger partial charge is 0.329 e. The average Bonchev–Trinajstić information content (AvgIpc) is 3.34. The molecule has 0 aromatic rings. The molecule has 2 aliphatic carbocycles. The highest BCUT2D eigenvalue weighted by atomic mass is 15.3. The van der Waals surface area contributed by atoms with Crippen molar-refractivity contribution in [3.8, 4) is 0 Å². The molecular formula is C17H33N3. The fourth-order valence-corrected chi connectivity index (χ4v) is 4.56. The molecule has 3 rings (SSSR count). The molecular weight excluding hydrogens is 246 g/mol. The van der Waals surface area contributed by atoms with E-state index in [0.29, 0.717) is 5.54 Å². The third-order valence-corrected chi connectivity index (χ3v) is 6.16. The zero-order valence-electron chi connectivity index (χ0n) is 13.3. The summed E-state index contributed by atoms with van der Waals surface area (Å²) in [5.41, 5.74) is 6.59. The SMILES string of the molecule is CCCC1CCC(CN)(N2CCN(C3CC3)CC2)CC1. The van der Waals surface area contributed by atoms with Crippen molar-refractivity contribution >= 4 is 0 Å². The minimum absolute atomic E-state index is 0.347. The molecule has 0 amide bonds. The molecule has 2 N–H and O–H groups in total. The van der Waals surface area contributed by atoms with Gasteiger partial charge in [-0.3, -0.25) is 9.80 Å². The Kier molecular flexibility index (Phi) is 4.68. The summed E-state index contributed by atoms with van der Waals surface area (Å²) in [4.78, 5) is 5.47. The summed E-state index contributed by atoms with van der Waals surface area (Å²) in [7, 11) is 0. The lowest BCUT2D eigenvalue weighted by molar-refractivity contribution is 0.000974. The summed E-state index contributed by atoms with van der Waals surface area (Å²) in [5.74, 6) is 0.979. The van der Waals surface area contributed by atoms with E-state index in [4.69, 9.17) is 5.73 Å². The van der Waals surface area contributed by atoms with Crippen LogP contribution in [0.15, 0.2) is 0 Å². The molecule has 0 aromatic heterocycles. The number of hydrogen-bond acceptors (Lipinski definition) is 3. The Bertz CT molecular complexity index is 297. The van der Waals surface area contributed by atoms with E-state index >= 15 is 0 Å². The molecule has 0 aromatic carbocycles. The van der Waals surface area contributed by atoms with Crippen LogP contribution in [-0.4, -0.2) is 54.1 Å². The van der Waals surface area contributed by atoms with Crippen molar-refractivity contribution < 1.29 is 0 Å². The van der Waals surface area contributed by atoms with Crippen LogP contribution in [-0.2, 0) is 0 Å². The molecule has 1 aliphatic heterocycles. The summed E-state index contributed by atoms with van der Waals surface area (Å²) < 4.78 is 0. The summed E-state index contributed by atoms with van der Waals surface area (Å²) in [6.45, 7) is 8.27. The van der Waals surface area contributed by atoms with Crippen molar-refractivity contribution in [2.75, 3.05) is 32.7 Å². The van der Waals surface area contributed by atoms with Crippen molar-refractivity contribution in [1.82, 2.24) is 9.80 Å². The highest BCUT2D eigenvalue weighted by Crippen LogP contribution is 2.38. The molecule has 2 saturated carbocycles. The molecule has 3 fully saturated rings. The Morgan fingerprint density at radius 2 is 1.65 bits per heavy atom. The van der Waals surface area contributed by atoms with Gasteiger partial charge in [-0.25, -0.2) is 0 Å². The minimum Gasteiger partial charge on any atom is -0.329 e. The second-order valence-electron chi connectivity index (χ2n) is 7.41. The highest BCUT2D eigenvalue weighted by molar-refractivity contribution is 4.98. The van der Waals surface area contributed by atoms with Crippen LogP contribution >= 0.6 is 0 Å². The van der Waals surface area contributed by atoms with E-state index in [1.807, 2.05) is 0 Å². The van der Waals surface area contributed by atoms with Crippen molar-refractivity contribution in [2.24, 2.45) is 11.7 Å². The maximum atomic E-state index is 6.24. The molecule has 0 unspecified atom stereocenters. The van der Waals surface area contributed by atoms with Gasteiger partial charge >= 0.3 is 0 Å². The van der Waals surface area contributed by atoms with E-state index in [9.17, 15) is 0 Å². The lowest BCUT2D eigenvalue weighted by Gasteiger charge is -2.50. The van der Waals surface area contributed by atoms with Crippen LogP contribution in [0.3, 0.4) is 0 Å². The normalized spacial score (nSPS) is 37.2. The first-order chi connectivity index (χ1) is 9.77. The molecule has 0 atom stereocenters. The molecule has 3 aliphatic rings. The number of nitrogens with two attached hydrogens (primary N) is 1. The van der Waals surface area contributed by atoms with Gasteiger partial charge in [-0.1, -0.05) is 19.8 Å².